The molecule has 2 rings (SSSR count). The van der Waals surface area contributed by atoms with Crippen molar-refractivity contribution in [2.24, 2.45) is 0 Å². The van der Waals surface area contributed by atoms with Crippen LogP contribution in [-0.4, -0.2) is 15.5 Å². The van der Waals surface area contributed by atoms with Crippen LogP contribution in [-0.2, 0) is 15.6 Å². The van der Waals surface area contributed by atoms with Crippen molar-refractivity contribution in [2.45, 2.75) is 17.6 Å². The molecule has 0 aromatic heterocycles. The summed E-state index contributed by atoms with van der Waals surface area (Å²) in [5.41, 5.74) is 7.53. The van der Waals surface area contributed by atoms with Crippen LogP contribution in [0, 0.1) is 6.92 Å². The summed E-state index contributed by atoms with van der Waals surface area (Å²) in [5, 5.41) is 0. The topological polar surface area (TPSA) is 69.4 Å². The Balaban J connectivity index is 2.38. The molecule has 0 aliphatic rings. The summed E-state index contributed by atoms with van der Waals surface area (Å²) < 4.78 is 30.1. The van der Waals surface area contributed by atoms with E-state index in [1.54, 1.807) is 56.5 Å². The summed E-state index contributed by atoms with van der Waals surface area (Å²) in [6.45, 7) is 1.72. The second kappa shape index (κ2) is 5.54. The minimum Gasteiger partial charge on any atom is -0.497 e. The average molecular weight is 291 g/mol. The lowest BCUT2D eigenvalue weighted by Gasteiger charge is -2.10. The van der Waals surface area contributed by atoms with Crippen molar-refractivity contribution < 1.29 is 13.2 Å². The van der Waals surface area contributed by atoms with E-state index in [0.717, 1.165) is 0 Å². The molecule has 0 aliphatic carbocycles. The third-order valence-corrected chi connectivity index (χ3v) is 4.98. The molecule has 106 valence electrons. The Kier molecular flexibility index (Phi) is 3.99. The first-order chi connectivity index (χ1) is 9.44. The van der Waals surface area contributed by atoms with Crippen LogP contribution in [0.5, 0.6) is 5.75 Å². The predicted octanol–water partition coefficient (Wildman–Crippen LogP) is 2.56. The summed E-state index contributed by atoms with van der Waals surface area (Å²) in [6, 6.07) is 12.0. The third-order valence-electron chi connectivity index (χ3n) is 3.15. The van der Waals surface area contributed by atoms with Gasteiger partial charge in [0.05, 0.1) is 17.8 Å². The first kappa shape index (κ1) is 14.4. The van der Waals surface area contributed by atoms with Gasteiger partial charge in [0.2, 0.25) is 0 Å². The highest BCUT2D eigenvalue weighted by Gasteiger charge is 2.19. The van der Waals surface area contributed by atoms with Crippen molar-refractivity contribution in [1.29, 1.82) is 0 Å². The number of anilines is 1. The monoisotopic (exact) mass is 291 g/mol. The molecule has 2 aromatic carbocycles. The van der Waals surface area contributed by atoms with Crippen LogP contribution in [0.2, 0.25) is 0 Å². The van der Waals surface area contributed by atoms with Gasteiger partial charge >= 0.3 is 0 Å². The Bertz CT molecular complexity index is 724. The standard InChI is InChI=1S/C15H17NO3S/c1-11-14(16)7-4-8-15(11)20(17,18)10-12-5-3-6-13(9-12)19-2/h3-9H,10,16H2,1-2H3. The summed E-state index contributed by atoms with van der Waals surface area (Å²) in [5.74, 6) is 0.566. The summed E-state index contributed by atoms with van der Waals surface area (Å²) in [7, 11) is -1.88. The Hall–Kier alpha value is -2.01. The van der Waals surface area contributed by atoms with Crippen LogP contribution in [0.4, 0.5) is 5.69 Å². The lowest BCUT2D eigenvalue weighted by Crippen LogP contribution is -2.08. The van der Waals surface area contributed by atoms with Crippen LogP contribution in [0.3, 0.4) is 0 Å². The van der Waals surface area contributed by atoms with E-state index in [-0.39, 0.29) is 10.6 Å². The van der Waals surface area contributed by atoms with Crippen LogP contribution in [0.15, 0.2) is 47.4 Å². The predicted molar refractivity (Wildman–Crippen MR) is 79.5 cm³/mol. The van der Waals surface area contributed by atoms with Gasteiger partial charge in [0.15, 0.2) is 9.84 Å². The smallest absolute Gasteiger partial charge is 0.182 e. The largest absolute Gasteiger partial charge is 0.497 e. The van der Waals surface area contributed by atoms with Gasteiger partial charge in [-0.1, -0.05) is 18.2 Å². The molecule has 0 bridgehead atoms. The van der Waals surface area contributed by atoms with E-state index in [2.05, 4.69) is 0 Å². The van der Waals surface area contributed by atoms with E-state index in [9.17, 15) is 8.42 Å². The molecule has 4 nitrogen and oxygen atoms in total. The number of methoxy groups -OCH3 is 1. The number of hydrogen-bond donors (Lipinski definition) is 1. The first-order valence-corrected chi connectivity index (χ1v) is 7.80. The second-order valence-corrected chi connectivity index (χ2v) is 6.54. The number of hydrogen-bond acceptors (Lipinski definition) is 4. The quantitative estimate of drug-likeness (QED) is 0.879. The van der Waals surface area contributed by atoms with Crippen LogP contribution < -0.4 is 10.5 Å². The maximum Gasteiger partial charge on any atom is 0.182 e. The van der Waals surface area contributed by atoms with Gasteiger partial charge < -0.3 is 10.5 Å². The van der Waals surface area contributed by atoms with Gasteiger partial charge in [0.1, 0.15) is 5.75 Å². The second-order valence-electron chi connectivity index (χ2n) is 4.58. The van der Waals surface area contributed by atoms with Crippen molar-refractivity contribution in [1.82, 2.24) is 0 Å². The molecule has 5 heteroatoms. The van der Waals surface area contributed by atoms with Gasteiger partial charge in [-0.25, -0.2) is 8.42 Å². The summed E-state index contributed by atoms with van der Waals surface area (Å²) >= 11 is 0. The maximum absolute atomic E-state index is 12.5. The van der Waals surface area contributed by atoms with Crippen LogP contribution in [0.25, 0.3) is 0 Å². The molecule has 0 saturated heterocycles. The fraction of sp³-hybridized carbons (Fsp3) is 0.200. The Morgan fingerprint density at radius 3 is 2.55 bits per heavy atom. The van der Waals surface area contributed by atoms with Crippen molar-refractivity contribution in [3.63, 3.8) is 0 Å². The normalized spacial score (nSPS) is 11.3. The van der Waals surface area contributed by atoms with Gasteiger partial charge in [-0.3, -0.25) is 0 Å². The SMILES string of the molecule is COc1cccc(CS(=O)(=O)c2cccc(N)c2C)c1. The van der Waals surface area contributed by atoms with Crippen molar-refractivity contribution in [3.05, 3.63) is 53.6 Å². The highest BCUT2D eigenvalue weighted by Crippen LogP contribution is 2.25. The molecule has 0 atom stereocenters. The van der Waals surface area contributed by atoms with Gasteiger partial charge in [-0.15, -0.1) is 0 Å². The van der Waals surface area contributed by atoms with Gasteiger partial charge in [0, 0.05) is 5.69 Å². The van der Waals surface area contributed by atoms with E-state index in [1.165, 1.54) is 0 Å². The minimum atomic E-state index is -3.43. The summed E-state index contributed by atoms with van der Waals surface area (Å²) in [6.07, 6.45) is 0. The van der Waals surface area contributed by atoms with Gasteiger partial charge in [-0.05, 0) is 42.3 Å². The fourth-order valence-electron chi connectivity index (χ4n) is 2.03. The molecule has 0 radical (unpaired) electrons. The molecule has 0 amide bonds. The zero-order chi connectivity index (χ0) is 14.8. The molecule has 2 aromatic rings. The van der Waals surface area contributed by atoms with E-state index >= 15 is 0 Å². The third kappa shape index (κ3) is 2.93. The van der Waals surface area contributed by atoms with E-state index in [4.69, 9.17) is 10.5 Å². The fourth-order valence-corrected chi connectivity index (χ4v) is 3.67. The van der Waals surface area contributed by atoms with E-state index in [1.807, 2.05) is 0 Å². The van der Waals surface area contributed by atoms with Crippen LogP contribution >= 0.6 is 0 Å². The molecular weight excluding hydrogens is 274 g/mol. The number of nitrogen functional groups attached to an aromatic ring is 1. The molecule has 0 fully saturated rings. The number of rotatable bonds is 4. The molecule has 0 saturated carbocycles. The van der Waals surface area contributed by atoms with Crippen molar-refractivity contribution in [2.75, 3.05) is 12.8 Å². The Labute approximate surface area is 119 Å². The lowest BCUT2D eigenvalue weighted by molar-refractivity contribution is 0.414. The number of ether oxygens (including phenoxy) is 1. The van der Waals surface area contributed by atoms with E-state index < -0.39 is 9.84 Å². The zero-order valence-electron chi connectivity index (χ0n) is 11.5. The molecule has 0 spiro atoms. The molecule has 0 heterocycles. The number of sulfone groups is 1. The summed E-state index contributed by atoms with van der Waals surface area (Å²) in [4.78, 5) is 0.278. The van der Waals surface area contributed by atoms with Crippen LogP contribution in [0.1, 0.15) is 11.1 Å². The first-order valence-electron chi connectivity index (χ1n) is 6.15. The number of benzene rings is 2. The van der Waals surface area contributed by atoms with Gasteiger partial charge in [-0.2, -0.15) is 0 Å². The zero-order valence-corrected chi connectivity index (χ0v) is 12.3. The average Bonchev–Trinajstić information content (AvgIpc) is 2.41. The van der Waals surface area contributed by atoms with Gasteiger partial charge in [0.25, 0.3) is 0 Å². The minimum absolute atomic E-state index is 0.0749. The molecule has 0 aliphatic heterocycles. The van der Waals surface area contributed by atoms with Crippen molar-refractivity contribution in [3.8, 4) is 5.75 Å². The molecule has 20 heavy (non-hydrogen) atoms. The lowest BCUT2D eigenvalue weighted by atomic mass is 10.2. The van der Waals surface area contributed by atoms with E-state index in [0.29, 0.717) is 22.6 Å². The molecule has 0 unspecified atom stereocenters. The maximum atomic E-state index is 12.5. The highest BCUT2D eigenvalue weighted by molar-refractivity contribution is 7.90. The Morgan fingerprint density at radius 1 is 1.15 bits per heavy atom. The molecule has 2 N–H and O–H groups in total. The number of nitrogens with two attached hydrogens (primary N) is 1. The molecular formula is C15H17NO3S. The van der Waals surface area contributed by atoms with Crippen molar-refractivity contribution >= 4 is 15.5 Å². The highest BCUT2D eigenvalue weighted by atomic mass is 32.2. The Morgan fingerprint density at radius 2 is 1.85 bits per heavy atom.